The van der Waals surface area contributed by atoms with E-state index in [1.165, 1.54) is 45.0 Å². The molecule has 9 rings (SSSR count). The van der Waals surface area contributed by atoms with Crippen LogP contribution in [0.25, 0.3) is 0 Å². The molecule has 0 radical (unpaired) electrons. The van der Waals surface area contributed by atoms with Gasteiger partial charge >= 0.3 is 11.4 Å². The first-order valence-electron chi connectivity index (χ1n) is 16.6. The zero-order valence-electron chi connectivity index (χ0n) is 25.8. The molecular weight excluding hydrogens is 596 g/mol. The Balaban J connectivity index is 0.000000136. The number of fused-ring (bicyclic) bond motifs is 5. The fourth-order valence-corrected chi connectivity index (χ4v) is 9.08. The van der Waals surface area contributed by atoms with Crippen LogP contribution in [0.4, 0.5) is 22.7 Å². The number of anilines is 4. The van der Waals surface area contributed by atoms with Crippen LogP contribution < -0.4 is 9.80 Å². The topological polar surface area (TPSA) is 82.5 Å². The van der Waals surface area contributed by atoms with E-state index < -0.39 is 23.6 Å². The van der Waals surface area contributed by atoms with Gasteiger partial charge in [0.25, 0.3) is 0 Å². The summed E-state index contributed by atoms with van der Waals surface area (Å²) < 4.78 is 22.8. The number of hydrogen-bond acceptors (Lipinski definition) is 7. The van der Waals surface area contributed by atoms with E-state index in [9.17, 15) is 14.4 Å². The zero-order chi connectivity index (χ0) is 31.2. The van der Waals surface area contributed by atoms with E-state index in [1.807, 2.05) is 0 Å². The third-order valence-corrected chi connectivity index (χ3v) is 11.2. The number of para-hydroxylation sites is 4. The number of aryl methyl sites for hydroxylation is 4. The van der Waals surface area contributed by atoms with Crippen molar-refractivity contribution >= 4 is 34.1 Å². The van der Waals surface area contributed by atoms with Gasteiger partial charge in [0, 0.05) is 22.7 Å². The molecule has 0 amide bonds. The lowest BCUT2D eigenvalue weighted by molar-refractivity contribution is 0.0364. The number of hydrogen-bond donors (Lipinski definition) is 2. The van der Waals surface area contributed by atoms with Crippen molar-refractivity contribution in [3.8, 4) is 0 Å². The summed E-state index contributed by atoms with van der Waals surface area (Å²) in [4.78, 5) is 4.67. The number of nitrogens with zero attached hydrogens (tertiary/aromatic N) is 2. The predicted octanol–water partition coefficient (Wildman–Crippen LogP) is 6.26. The van der Waals surface area contributed by atoms with Gasteiger partial charge in [0.15, 0.2) is 0 Å². The molecule has 2 aliphatic carbocycles. The number of aliphatic hydroxyl groups excluding tert-OH is 2. The van der Waals surface area contributed by atoms with E-state index in [-0.39, 0.29) is 24.3 Å². The van der Waals surface area contributed by atoms with Gasteiger partial charge < -0.3 is 20.0 Å². The third kappa shape index (κ3) is 5.36. The minimum absolute atomic E-state index is 0.0570. The molecule has 2 unspecified atom stereocenters. The van der Waals surface area contributed by atoms with Crippen LogP contribution in [-0.2, 0) is 45.4 Å². The van der Waals surface area contributed by atoms with Crippen molar-refractivity contribution in [1.82, 2.24) is 0 Å². The summed E-state index contributed by atoms with van der Waals surface area (Å²) in [6.45, 7) is 0. The number of benzene rings is 4. The van der Waals surface area contributed by atoms with Crippen molar-refractivity contribution < 1.29 is 22.8 Å². The van der Waals surface area contributed by atoms with Crippen LogP contribution >= 0.6 is 0 Å². The van der Waals surface area contributed by atoms with Gasteiger partial charge in [-0.2, -0.15) is 4.21 Å². The molecule has 0 bridgehead atoms. The molecule has 5 aliphatic rings. The van der Waals surface area contributed by atoms with Crippen LogP contribution in [0, 0.1) is 0 Å². The molecule has 0 aromatic heterocycles. The fourth-order valence-electron chi connectivity index (χ4n) is 8.19. The molecule has 1 saturated heterocycles. The van der Waals surface area contributed by atoms with Crippen LogP contribution in [0.5, 0.6) is 0 Å². The normalized spacial score (nSPS) is 29.3. The van der Waals surface area contributed by atoms with Crippen molar-refractivity contribution in [2.45, 2.75) is 87.9 Å². The number of aliphatic hydroxyl groups is 2. The smallest absolute Gasteiger partial charge is 0.305 e. The second-order valence-corrected chi connectivity index (χ2v) is 13.8. The highest BCUT2D eigenvalue weighted by Gasteiger charge is 2.49. The molecule has 3 heterocycles. The fraction of sp³-hybridized carbons (Fsp3) is 0.368. The zero-order valence-corrected chi connectivity index (χ0v) is 26.6. The van der Waals surface area contributed by atoms with Gasteiger partial charge in [0.05, 0.1) is 18.2 Å². The van der Waals surface area contributed by atoms with Gasteiger partial charge in [-0.1, -0.05) is 72.8 Å². The van der Waals surface area contributed by atoms with Crippen molar-refractivity contribution in [1.29, 1.82) is 0 Å². The maximum atomic E-state index is 11.7. The maximum absolute atomic E-state index is 11.7. The van der Waals surface area contributed by atoms with Gasteiger partial charge in [-0.3, -0.25) is 8.37 Å². The molecule has 2 saturated carbocycles. The van der Waals surface area contributed by atoms with E-state index in [4.69, 9.17) is 8.37 Å². The van der Waals surface area contributed by atoms with E-state index in [0.29, 0.717) is 6.42 Å². The SMILES string of the molecule is O=S1OC2[C@H](N3c4ccccc4CCc4ccccc43)CC[C@H]2O1.O[C@@H]1[C@H](O)CC[C@H]1N1c2ccccc2CCc2ccccc21. The Labute approximate surface area is 273 Å². The monoisotopic (exact) mass is 636 g/mol. The molecule has 46 heavy (non-hydrogen) atoms. The highest BCUT2D eigenvalue weighted by molar-refractivity contribution is 7.75. The van der Waals surface area contributed by atoms with Crippen molar-refractivity contribution in [3.63, 3.8) is 0 Å². The molecule has 2 N–H and O–H groups in total. The summed E-state index contributed by atoms with van der Waals surface area (Å²) in [5.74, 6) is 0. The van der Waals surface area contributed by atoms with Crippen LogP contribution in [0.2, 0.25) is 0 Å². The molecule has 4 aromatic rings. The molecule has 7 atom stereocenters. The average molecular weight is 637 g/mol. The molecule has 3 aliphatic heterocycles. The Hall–Kier alpha value is -3.53. The van der Waals surface area contributed by atoms with Gasteiger partial charge in [0.2, 0.25) is 0 Å². The summed E-state index contributed by atoms with van der Waals surface area (Å²) in [6.07, 6.45) is 5.93. The summed E-state index contributed by atoms with van der Waals surface area (Å²) in [7, 11) is 0. The lowest BCUT2D eigenvalue weighted by atomic mass is 10.0. The summed E-state index contributed by atoms with van der Waals surface area (Å²) in [5, 5.41) is 20.4. The third-order valence-electron chi connectivity index (χ3n) is 10.4. The molecule has 4 aromatic carbocycles. The summed E-state index contributed by atoms with van der Waals surface area (Å²) in [6, 6.07) is 34.2. The first kappa shape index (κ1) is 29.8. The Kier molecular flexibility index (Phi) is 8.16. The van der Waals surface area contributed by atoms with Gasteiger partial charge in [-0.15, -0.1) is 0 Å². The van der Waals surface area contributed by atoms with E-state index >= 15 is 0 Å². The first-order chi connectivity index (χ1) is 22.6. The summed E-state index contributed by atoms with van der Waals surface area (Å²) >= 11 is -1.60. The van der Waals surface area contributed by atoms with Crippen LogP contribution in [-0.4, -0.2) is 50.9 Å². The van der Waals surface area contributed by atoms with Crippen LogP contribution in [0.3, 0.4) is 0 Å². The average Bonchev–Trinajstić information content (AvgIpc) is 3.67. The highest BCUT2D eigenvalue weighted by Crippen LogP contribution is 2.45. The Morgan fingerprint density at radius 1 is 0.543 bits per heavy atom. The summed E-state index contributed by atoms with van der Waals surface area (Å²) in [5.41, 5.74) is 10.2. The lowest BCUT2D eigenvalue weighted by Crippen LogP contribution is -2.41. The van der Waals surface area contributed by atoms with Gasteiger partial charge in [-0.05, 0) is 97.9 Å². The molecule has 0 spiro atoms. The largest absolute Gasteiger partial charge is 0.390 e. The Morgan fingerprint density at radius 2 is 0.957 bits per heavy atom. The van der Waals surface area contributed by atoms with Crippen molar-refractivity contribution in [2.75, 3.05) is 9.80 Å². The second kappa shape index (κ2) is 12.6. The Bertz CT molecular complexity index is 1650. The molecule has 238 valence electrons. The van der Waals surface area contributed by atoms with E-state index in [1.54, 1.807) is 0 Å². The molecule has 3 fully saturated rings. The van der Waals surface area contributed by atoms with Crippen LogP contribution in [0.1, 0.15) is 47.9 Å². The van der Waals surface area contributed by atoms with Gasteiger partial charge in [0.1, 0.15) is 18.3 Å². The second-order valence-electron chi connectivity index (χ2n) is 13.0. The minimum Gasteiger partial charge on any atom is -0.390 e. The lowest BCUT2D eigenvalue weighted by Gasteiger charge is -2.35. The first-order valence-corrected chi connectivity index (χ1v) is 17.6. The molecule has 7 nitrogen and oxygen atoms in total. The van der Waals surface area contributed by atoms with Gasteiger partial charge in [-0.25, -0.2) is 0 Å². The van der Waals surface area contributed by atoms with Crippen LogP contribution in [0.15, 0.2) is 97.1 Å². The van der Waals surface area contributed by atoms with Crippen molar-refractivity contribution in [3.05, 3.63) is 119 Å². The predicted molar refractivity (Wildman–Crippen MR) is 181 cm³/mol. The van der Waals surface area contributed by atoms with E-state index in [2.05, 4.69) is 107 Å². The highest BCUT2D eigenvalue weighted by atomic mass is 32.2. The van der Waals surface area contributed by atoms with Crippen molar-refractivity contribution in [2.24, 2.45) is 0 Å². The standard InChI is InChI=1S/C19H19NO3S.C19H21NO2/c21-24-22-18-12-11-17(19(18)23-24)20-15-7-3-1-5-13(15)9-10-14-6-2-4-8-16(14)20;21-18-12-11-17(19(18)22)20-15-7-3-1-5-13(15)9-10-14-6-2-4-8-16(14)20/h1-8,17-19H,9-12H2;1-8,17-19,21-22H,9-12H2/t17-,18-,19?,24?;17-,18-,19+/m11/s1. The maximum Gasteiger partial charge on any atom is 0.305 e. The minimum atomic E-state index is -1.60. The Morgan fingerprint density at radius 3 is 1.39 bits per heavy atom. The quantitative estimate of drug-likeness (QED) is 0.269. The number of rotatable bonds is 2. The molecule has 8 heteroatoms. The van der Waals surface area contributed by atoms with E-state index in [0.717, 1.165) is 44.9 Å². The molecular formula is C38H40N2O5S.